The topological polar surface area (TPSA) is 26.3 Å². The van der Waals surface area contributed by atoms with Crippen LogP contribution in [-0.4, -0.2) is 12.6 Å². The van der Waals surface area contributed by atoms with Crippen LogP contribution in [0.5, 0.6) is 0 Å². The number of ether oxygens (including phenoxy) is 1. The quantitative estimate of drug-likeness (QED) is 0.337. The summed E-state index contributed by atoms with van der Waals surface area (Å²) in [5.74, 6) is 0.624. The van der Waals surface area contributed by atoms with Crippen molar-refractivity contribution in [2.45, 2.75) is 66.2 Å². The molecule has 0 spiro atoms. The average molecular weight is 240 g/mol. The minimum Gasteiger partial charge on any atom is -0.462 e. The van der Waals surface area contributed by atoms with Gasteiger partial charge in [-0.25, -0.2) is 4.79 Å². The lowest BCUT2D eigenvalue weighted by Gasteiger charge is -2.06. The third-order valence-corrected chi connectivity index (χ3v) is 2.72. The first-order valence-corrected chi connectivity index (χ1v) is 6.91. The van der Waals surface area contributed by atoms with Crippen molar-refractivity contribution in [3.05, 3.63) is 11.6 Å². The van der Waals surface area contributed by atoms with Gasteiger partial charge in [0.15, 0.2) is 0 Å². The smallest absolute Gasteiger partial charge is 0.333 e. The molecule has 0 aliphatic heterocycles. The van der Waals surface area contributed by atoms with Crippen molar-refractivity contribution in [3.8, 4) is 0 Å². The molecule has 0 saturated heterocycles. The highest BCUT2D eigenvalue weighted by Crippen LogP contribution is 2.08. The molecule has 0 unspecified atom stereocenters. The predicted molar refractivity (Wildman–Crippen MR) is 72.9 cm³/mol. The van der Waals surface area contributed by atoms with Gasteiger partial charge < -0.3 is 4.74 Å². The summed E-state index contributed by atoms with van der Waals surface area (Å²) < 4.78 is 5.20. The van der Waals surface area contributed by atoms with Crippen LogP contribution < -0.4 is 0 Å². The van der Waals surface area contributed by atoms with Crippen molar-refractivity contribution < 1.29 is 9.53 Å². The predicted octanol–water partition coefficient (Wildman–Crippen LogP) is 4.49. The maximum Gasteiger partial charge on any atom is 0.333 e. The first-order valence-electron chi connectivity index (χ1n) is 6.91. The first kappa shape index (κ1) is 16.2. The van der Waals surface area contributed by atoms with Crippen molar-refractivity contribution in [3.63, 3.8) is 0 Å². The van der Waals surface area contributed by atoms with Crippen molar-refractivity contribution in [1.29, 1.82) is 0 Å². The molecular weight excluding hydrogens is 212 g/mol. The molecule has 0 N–H and O–H groups in total. The second-order valence-electron chi connectivity index (χ2n) is 5.05. The molecule has 0 rings (SSSR count). The van der Waals surface area contributed by atoms with E-state index in [0.717, 1.165) is 37.2 Å². The molecule has 0 saturated carbocycles. The normalized spacial score (nSPS) is 11.9. The fourth-order valence-electron chi connectivity index (χ4n) is 1.55. The molecule has 0 aliphatic carbocycles. The number of esters is 1. The van der Waals surface area contributed by atoms with E-state index in [0.29, 0.717) is 6.61 Å². The number of carbonyl (C=O) groups is 1. The zero-order chi connectivity index (χ0) is 13.1. The summed E-state index contributed by atoms with van der Waals surface area (Å²) in [6, 6.07) is 0. The van der Waals surface area contributed by atoms with E-state index in [1.807, 2.05) is 13.0 Å². The number of allylic oxidation sites excluding steroid dienone is 1. The van der Waals surface area contributed by atoms with Gasteiger partial charge in [-0.3, -0.25) is 0 Å². The molecule has 0 aromatic heterocycles. The summed E-state index contributed by atoms with van der Waals surface area (Å²) >= 11 is 0. The van der Waals surface area contributed by atoms with E-state index in [1.165, 1.54) is 12.8 Å². The third-order valence-electron chi connectivity index (χ3n) is 2.72. The second kappa shape index (κ2) is 10.4. The molecule has 0 atom stereocenters. The lowest BCUT2D eigenvalue weighted by Crippen LogP contribution is -2.07. The van der Waals surface area contributed by atoms with Gasteiger partial charge in [-0.1, -0.05) is 52.5 Å². The highest BCUT2D eigenvalue weighted by molar-refractivity contribution is 5.87. The first-order chi connectivity index (χ1) is 8.07. The lowest BCUT2D eigenvalue weighted by atomic mass is 10.1. The van der Waals surface area contributed by atoms with E-state index in [1.54, 1.807) is 0 Å². The maximum absolute atomic E-state index is 11.5. The van der Waals surface area contributed by atoms with Crippen LogP contribution >= 0.6 is 0 Å². The van der Waals surface area contributed by atoms with Gasteiger partial charge in [-0.2, -0.15) is 0 Å². The Balaban J connectivity index is 3.51. The minimum absolute atomic E-state index is 0.151. The summed E-state index contributed by atoms with van der Waals surface area (Å²) in [6.07, 6.45) is 8.63. The van der Waals surface area contributed by atoms with E-state index in [-0.39, 0.29) is 5.97 Å². The van der Waals surface area contributed by atoms with Crippen LogP contribution in [0.15, 0.2) is 11.6 Å². The van der Waals surface area contributed by atoms with Gasteiger partial charge in [0.05, 0.1) is 6.61 Å². The molecule has 2 heteroatoms. The highest BCUT2D eigenvalue weighted by Gasteiger charge is 2.04. The maximum atomic E-state index is 11.5. The van der Waals surface area contributed by atoms with E-state index >= 15 is 0 Å². The summed E-state index contributed by atoms with van der Waals surface area (Å²) in [4.78, 5) is 11.5. The van der Waals surface area contributed by atoms with Crippen LogP contribution in [0.25, 0.3) is 0 Å². The zero-order valence-electron chi connectivity index (χ0n) is 11.9. The van der Waals surface area contributed by atoms with E-state index < -0.39 is 0 Å². The van der Waals surface area contributed by atoms with E-state index in [4.69, 9.17) is 4.74 Å². The van der Waals surface area contributed by atoms with Crippen LogP contribution in [0.1, 0.15) is 66.2 Å². The Bertz CT molecular complexity index is 229. The average Bonchev–Trinajstić information content (AvgIpc) is 2.29. The van der Waals surface area contributed by atoms with Crippen LogP contribution in [-0.2, 0) is 9.53 Å². The summed E-state index contributed by atoms with van der Waals surface area (Å²) in [5.41, 5.74) is 0.744. The molecule has 0 aromatic carbocycles. The molecule has 0 heterocycles. The highest BCUT2D eigenvalue weighted by atomic mass is 16.5. The van der Waals surface area contributed by atoms with Gasteiger partial charge in [0, 0.05) is 5.57 Å². The number of rotatable bonds is 9. The molecule has 0 amide bonds. The molecule has 0 radical (unpaired) electrons. The van der Waals surface area contributed by atoms with E-state index in [9.17, 15) is 4.79 Å². The summed E-state index contributed by atoms with van der Waals surface area (Å²) in [7, 11) is 0. The van der Waals surface area contributed by atoms with Crippen molar-refractivity contribution in [2.75, 3.05) is 6.61 Å². The van der Waals surface area contributed by atoms with Crippen molar-refractivity contribution in [1.82, 2.24) is 0 Å². The molecule has 0 aliphatic rings. The summed E-state index contributed by atoms with van der Waals surface area (Å²) in [5, 5.41) is 0. The largest absolute Gasteiger partial charge is 0.462 e. The fourth-order valence-corrected chi connectivity index (χ4v) is 1.55. The SMILES string of the molecule is CCCC=C(C)C(=O)OCCCCCC(C)C. The minimum atomic E-state index is -0.151. The third kappa shape index (κ3) is 10.1. The molecule has 100 valence electrons. The van der Waals surface area contributed by atoms with Crippen molar-refractivity contribution in [2.24, 2.45) is 5.92 Å². The molecule has 0 aromatic rings. The zero-order valence-corrected chi connectivity index (χ0v) is 11.9. The number of carbonyl (C=O) groups excluding carboxylic acids is 1. The van der Waals surface area contributed by atoms with Gasteiger partial charge in [0.1, 0.15) is 0 Å². The number of hydrogen-bond donors (Lipinski definition) is 0. The Morgan fingerprint density at radius 2 is 1.94 bits per heavy atom. The van der Waals surface area contributed by atoms with Gasteiger partial charge in [-0.15, -0.1) is 0 Å². The van der Waals surface area contributed by atoms with Gasteiger partial charge in [0.25, 0.3) is 0 Å². The number of unbranched alkanes of at least 4 members (excludes halogenated alkanes) is 3. The van der Waals surface area contributed by atoms with Crippen LogP contribution in [0, 0.1) is 5.92 Å². The van der Waals surface area contributed by atoms with Crippen molar-refractivity contribution >= 4 is 5.97 Å². The monoisotopic (exact) mass is 240 g/mol. The van der Waals surface area contributed by atoms with Crippen LogP contribution in [0.2, 0.25) is 0 Å². The van der Waals surface area contributed by atoms with Gasteiger partial charge in [-0.05, 0) is 25.7 Å². The van der Waals surface area contributed by atoms with Crippen LogP contribution in [0.4, 0.5) is 0 Å². The Morgan fingerprint density at radius 1 is 1.24 bits per heavy atom. The van der Waals surface area contributed by atoms with Gasteiger partial charge >= 0.3 is 5.97 Å². The van der Waals surface area contributed by atoms with E-state index in [2.05, 4.69) is 20.8 Å². The van der Waals surface area contributed by atoms with Crippen LogP contribution in [0.3, 0.4) is 0 Å². The Hall–Kier alpha value is -0.790. The fraction of sp³-hybridized carbons (Fsp3) is 0.800. The summed E-state index contributed by atoms with van der Waals surface area (Å²) in [6.45, 7) is 8.97. The Morgan fingerprint density at radius 3 is 2.53 bits per heavy atom. The molecule has 0 fully saturated rings. The Labute approximate surface area is 106 Å². The molecule has 17 heavy (non-hydrogen) atoms. The molecule has 0 bridgehead atoms. The number of hydrogen-bond acceptors (Lipinski definition) is 2. The lowest BCUT2D eigenvalue weighted by molar-refractivity contribution is -0.139. The van der Waals surface area contributed by atoms with Gasteiger partial charge in [0.2, 0.25) is 0 Å². The molecule has 2 nitrogen and oxygen atoms in total. The second-order valence-corrected chi connectivity index (χ2v) is 5.05. The molecular formula is C15H28O2. The standard InChI is InChI=1S/C15H28O2/c1-5-6-11-14(4)15(16)17-12-9-7-8-10-13(2)3/h11,13H,5-10,12H2,1-4H3. The Kier molecular flexibility index (Phi) is 9.89.